The molecule has 0 radical (unpaired) electrons. The van der Waals surface area contributed by atoms with Crippen LogP contribution in [0, 0.1) is 6.92 Å². The highest BCUT2D eigenvalue weighted by Gasteiger charge is 2.23. The molecule has 0 aromatic carbocycles. The van der Waals surface area contributed by atoms with E-state index in [2.05, 4.69) is 43.5 Å². The van der Waals surface area contributed by atoms with Crippen LogP contribution in [0.25, 0.3) is 16.8 Å². The van der Waals surface area contributed by atoms with Crippen LogP contribution in [0.5, 0.6) is 5.75 Å². The summed E-state index contributed by atoms with van der Waals surface area (Å²) in [6.45, 7) is 3.86. The van der Waals surface area contributed by atoms with Crippen molar-refractivity contribution in [2.75, 3.05) is 25.5 Å². The van der Waals surface area contributed by atoms with Gasteiger partial charge in [0.15, 0.2) is 11.6 Å². The van der Waals surface area contributed by atoms with E-state index in [9.17, 15) is 0 Å². The predicted molar refractivity (Wildman–Crippen MR) is 114 cm³/mol. The van der Waals surface area contributed by atoms with E-state index in [0.717, 1.165) is 53.7 Å². The van der Waals surface area contributed by atoms with E-state index in [1.807, 2.05) is 47.6 Å². The van der Waals surface area contributed by atoms with E-state index < -0.39 is 0 Å². The zero-order valence-electron chi connectivity index (χ0n) is 17.3. The van der Waals surface area contributed by atoms with Gasteiger partial charge in [0.25, 0.3) is 0 Å². The Balaban J connectivity index is 1.43. The Morgan fingerprint density at radius 1 is 1.17 bits per heavy atom. The second-order valence-electron chi connectivity index (χ2n) is 7.70. The molecule has 5 heterocycles. The fourth-order valence-electron chi connectivity index (χ4n) is 3.86. The highest BCUT2D eigenvalue weighted by molar-refractivity contribution is 5.72. The SMILES string of the molecule is Cc1nccc(Nc2cc3cc(-c4c(O[C@H]5CCN(C)C5)cnn4C)ccn3n2)n1. The van der Waals surface area contributed by atoms with Gasteiger partial charge in [0, 0.05) is 44.2 Å². The number of ether oxygens (including phenoxy) is 1. The quantitative estimate of drug-likeness (QED) is 0.547. The Kier molecular flexibility index (Phi) is 4.59. The maximum absolute atomic E-state index is 6.29. The van der Waals surface area contributed by atoms with Crippen LogP contribution in [0.4, 0.5) is 11.6 Å². The number of hydrogen-bond acceptors (Lipinski definition) is 7. The Morgan fingerprint density at radius 2 is 2.07 bits per heavy atom. The van der Waals surface area contributed by atoms with Gasteiger partial charge in [-0.2, -0.15) is 10.2 Å². The average molecular weight is 404 g/mol. The fraction of sp³-hybridized carbons (Fsp3) is 0.333. The number of anilines is 2. The van der Waals surface area contributed by atoms with Gasteiger partial charge in [0.1, 0.15) is 23.4 Å². The molecule has 0 bridgehead atoms. The number of aromatic nitrogens is 6. The van der Waals surface area contributed by atoms with Crippen LogP contribution in [-0.4, -0.2) is 60.5 Å². The minimum atomic E-state index is 0.198. The minimum Gasteiger partial charge on any atom is -0.485 e. The molecule has 9 nitrogen and oxygen atoms in total. The third-order valence-corrected chi connectivity index (χ3v) is 5.32. The predicted octanol–water partition coefficient (Wildman–Crippen LogP) is 2.66. The Hall–Kier alpha value is -3.46. The average Bonchev–Trinajstić information content (AvgIpc) is 3.40. The molecule has 0 spiro atoms. The zero-order chi connectivity index (χ0) is 20.7. The topological polar surface area (TPSA) is 85.4 Å². The number of aryl methyl sites for hydroxylation is 2. The summed E-state index contributed by atoms with van der Waals surface area (Å²) in [6, 6.07) is 7.93. The summed E-state index contributed by atoms with van der Waals surface area (Å²) in [5, 5.41) is 12.2. The van der Waals surface area contributed by atoms with Crippen molar-refractivity contribution in [3.63, 3.8) is 0 Å². The maximum atomic E-state index is 6.29. The molecule has 154 valence electrons. The molecule has 4 aromatic heterocycles. The van der Waals surface area contributed by atoms with Crippen molar-refractivity contribution in [3.8, 4) is 17.0 Å². The molecule has 0 saturated carbocycles. The van der Waals surface area contributed by atoms with Crippen molar-refractivity contribution in [1.82, 2.24) is 34.3 Å². The molecule has 5 rings (SSSR count). The van der Waals surface area contributed by atoms with Gasteiger partial charge in [-0.25, -0.2) is 14.5 Å². The molecule has 0 aliphatic carbocycles. The summed E-state index contributed by atoms with van der Waals surface area (Å²) >= 11 is 0. The monoisotopic (exact) mass is 404 g/mol. The molecule has 1 atom stereocenters. The van der Waals surface area contributed by atoms with E-state index in [4.69, 9.17) is 4.74 Å². The summed E-state index contributed by atoms with van der Waals surface area (Å²) in [4.78, 5) is 10.8. The number of hydrogen-bond donors (Lipinski definition) is 1. The summed E-state index contributed by atoms with van der Waals surface area (Å²) < 4.78 is 9.98. The van der Waals surface area contributed by atoms with Gasteiger partial charge >= 0.3 is 0 Å². The molecule has 30 heavy (non-hydrogen) atoms. The lowest BCUT2D eigenvalue weighted by atomic mass is 10.1. The lowest BCUT2D eigenvalue weighted by molar-refractivity contribution is 0.209. The first kappa shape index (κ1) is 18.6. The van der Waals surface area contributed by atoms with Gasteiger partial charge in [-0.3, -0.25) is 4.68 Å². The number of pyridine rings is 1. The van der Waals surface area contributed by atoms with Gasteiger partial charge in [0.05, 0.1) is 11.7 Å². The first-order valence-corrected chi connectivity index (χ1v) is 9.99. The van der Waals surface area contributed by atoms with Crippen LogP contribution in [0.2, 0.25) is 0 Å². The number of nitrogens with one attached hydrogen (secondary N) is 1. The standard InChI is InChI=1S/C21H24N8O/c1-14-22-7-4-19(24-14)25-20-11-16-10-15(5-9-29(16)26-20)21-18(12-23-28(21)3)30-17-6-8-27(2)13-17/h4-5,7,9-12,17H,6,8,13H2,1-3H3,(H,22,24,25,26)/t17-/m0/s1. The van der Waals surface area contributed by atoms with Crippen molar-refractivity contribution >= 4 is 17.2 Å². The largest absolute Gasteiger partial charge is 0.485 e. The highest BCUT2D eigenvalue weighted by Crippen LogP contribution is 2.32. The lowest BCUT2D eigenvalue weighted by Gasteiger charge is -2.14. The fourth-order valence-corrected chi connectivity index (χ4v) is 3.86. The van der Waals surface area contributed by atoms with Gasteiger partial charge in [0.2, 0.25) is 0 Å². The van der Waals surface area contributed by atoms with Crippen LogP contribution in [0.1, 0.15) is 12.2 Å². The molecule has 1 fully saturated rings. The van der Waals surface area contributed by atoms with E-state index in [-0.39, 0.29) is 6.10 Å². The van der Waals surface area contributed by atoms with E-state index >= 15 is 0 Å². The summed E-state index contributed by atoms with van der Waals surface area (Å²) in [5.41, 5.74) is 2.97. The Bertz CT molecular complexity index is 1200. The number of nitrogens with zero attached hydrogens (tertiary/aromatic N) is 7. The molecule has 1 saturated heterocycles. The van der Waals surface area contributed by atoms with Gasteiger partial charge < -0.3 is 15.0 Å². The normalized spacial score (nSPS) is 17.0. The molecule has 0 unspecified atom stereocenters. The molecule has 1 aliphatic rings. The van der Waals surface area contributed by atoms with E-state index in [1.54, 1.807) is 12.4 Å². The third-order valence-electron chi connectivity index (χ3n) is 5.32. The van der Waals surface area contributed by atoms with E-state index in [0.29, 0.717) is 5.82 Å². The van der Waals surface area contributed by atoms with Crippen molar-refractivity contribution in [3.05, 3.63) is 48.7 Å². The van der Waals surface area contributed by atoms with Crippen molar-refractivity contribution in [1.29, 1.82) is 0 Å². The third kappa shape index (κ3) is 3.59. The minimum absolute atomic E-state index is 0.198. The van der Waals surface area contributed by atoms with Gasteiger partial charge in [-0.1, -0.05) is 0 Å². The van der Waals surface area contributed by atoms with Crippen LogP contribution in [0.3, 0.4) is 0 Å². The smallest absolute Gasteiger partial charge is 0.165 e. The molecule has 1 N–H and O–H groups in total. The van der Waals surface area contributed by atoms with Crippen molar-refractivity contribution in [2.24, 2.45) is 7.05 Å². The Morgan fingerprint density at radius 3 is 2.87 bits per heavy atom. The second kappa shape index (κ2) is 7.42. The Labute approximate surface area is 174 Å². The lowest BCUT2D eigenvalue weighted by Crippen LogP contribution is -2.21. The van der Waals surface area contributed by atoms with E-state index in [1.165, 1.54) is 0 Å². The van der Waals surface area contributed by atoms with Crippen LogP contribution in [0.15, 0.2) is 42.9 Å². The molecular weight excluding hydrogens is 380 g/mol. The number of fused-ring (bicyclic) bond motifs is 1. The maximum Gasteiger partial charge on any atom is 0.165 e. The number of likely N-dealkylation sites (tertiary alicyclic amines) is 1. The van der Waals surface area contributed by atoms with Crippen LogP contribution < -0.4 is 10.1 Å². The zero-order valence-corrected chi connectivity index (χ0v) is 17.3. The van der Waals surface area contributed by atoms with Gasteiger partial charge in [-0.15, -0.1) is 0 Å². The van der Waals surface area contributed by atoms with Crippen LogP contribution in [-0.2, 0) is 7.05 Å². The molecule has 9 heteroatoms. The molecule has 4 aromatic rings. The number of rotatable bonds is 5. The first-order valence-electron chi connectivity index (χ1n) is 9.99. The summed E-state index contributed by atoms with van der Waals surface area (Å²) in [6.07, 6.45) is 6.71. The summed E-state index contributed by atoms with van der Waals surface area (Å²) in [5.74, 6) is 2.97. The van der Waals surface area contributed by atoms with Crippen molar-refractivity contribution < 1.29 is 4.74 Å². The summed E-state index contributed by atoms with van der Waals surface area (Å²) in [7, 11) is 4.06. The van der Waals surface area contributed by atoms with Gasteiger partial charge in [-0.05, 0) is 38.6 Å². The highest BCUT2D eigenvalue weighted by atomic mass is 16.5. The first-order chi connectivity index (χ1) is 14.5. The second-order valence-corrected chi connectivity index (χ2v) is 7.70. The van der Waals surface area contributed by atoms with Crippen molar-refractivity contribution in [2.45, 2.75) is 19.4 Å². The van der Waals surface area contributed by atoms with Crippen LogP contribution >= 0.6 is 0 Å². The number of likely N-dealkylation sites (N-methyl/N-ethyl adjacent to an activating group) is 1. The molecule has 1 aliphatic heterocycles. The molecule has 0 amide bonds. The molecular formula is C21H24N8O.